The Morgan fingerprint density at radius 1 is 1.40 bits per heavy atom. The molecule has 0 spiro atoms. The van der Waals surface area contributed by atoms with E-state index in [0.717, 1.165) is 12.8 Å². The van der Waals surface area contributed by atoms with Crippen LogP contribution in [0.15, 0.2) is 24.3 Å². The van der Waals surface area contributed by atoms with Crippen LogP contribution >= 0.6 is 11.6 Å². The van der Waals surface area contributed by atoms with Crippen LogP contribution in [0.2, 0.25) is 0 Å². The van der Waals surface area contributed by atoms with Crippen molar-refractivity contribution >= 4 is 16.8 Å². The summed E-state index contributed by atoms with van der Waals surface area (Å²) < 4.78 is 0. The van der Waals surface area contributed by atoms with Gasteiger partial charge in [0.05, 0.1) is 0 Å². The maximum atomic E-state index is 11.0. The molecule has 0 N–H and O–H groups in total. The number of hydrogen-bond acceptors (Lipinski definition) is 1. The molecule has 0 saturated heterocycles. The van der Waals surface area contributed by atoms with E-state index in [1.807, 2.05) is 12.1 Å². The van der Waals surface area contributed by atoms with Gasteiger partial charge in [0.15, 0.2) is 0 Å². The standard InChI is InChI=1S/C13H17ClO/c1-3-6-11(9-13(14)15)12-8-5-4-7-10(12)2/h4-5,7-8,11H,3,6,9H2,1-2H3. The summed E-state index contributed by atoms with van der Waals surface area (Å²) in [6.45, 7) is 4.21. The van der Waals surface area contributed by atoms with Gasteiger partial charge in [0.2, 0.25) is 5.24 Å². The highest BCUT2D eigenvalue weighted by Crippen LogP contribution is 2.28. The number of carbonyl (C=O) groups is 1. The van der Waals surface area contributed by atoms with Gasteiger partial charge in [-0.1, -0.05) is 37.6 Å². The molecule has 0 bridgehead atoms. The summed E-state index contributed by atoms with van der Waals surface area (Å²) in [4.78, 5) is 11.0. The highest BCUT2D eigenvalue weighted by molar-refractivity contribution is 6.63. The molecule has 15 heavy (non-hydrogen) atoms. The molecule has 0 amide bonds. The second kappa shape index (κ2) is 5.92. The molecule has 0 radical (unpaired) electrons. The average molecular weight is 225 g/mol. The lowest BCUT2D eigenvalue weighted by Gasteiger charge is -2.16. The molecule has 0 heterocycles. The Hall–Kier alpha value is -0.820. The Morgan fingerprint density at radius 2 is 2.07 bits per heavy atom. The second-order valence-corrected chi connectivity index (χ2v) is 4.32. The fraction of sp³-hybridized carbons (Fsp3) is 0.462. The highest BCUT2D eigenvalue weighted by Gasteiger charge is 2.15. The van der Waals surface area contributed by atoms with E-state index in [4.69, 9.17) is 11.6 Å². The summed E-state index contributed by atoms with van der Waals surface area (Å²) in [6, 6.07) is 8.21. The van der Waals surface area contributed by atoms with Gasteiger partial charge in [-0.2, -0.15) is 0 Å². The topological polar surface area (TPSA) is 17.1 Å². The molecule has 2 heteroatoms. The normalized spacial score (nSPS) is 12.5. The van der Waals surface area contributed by atoms with E-state index in [-0.39, 0.29) is 11.2 Å². The minimum Gasteiger partial charge on any atom is -0.281 e. The van der Waals surface area contributed by atoms with Crippen molar-refractivity contribution in [1.29, 1.82) is 0 Å². The monoisotopic (exact) mass is 224 g/mol. The Kier molecular flexibility index (Phi) is 4.83. The maximum absolute atomic E-state index is 11.0. The van der Waals surface area contributed by atoms with Gasteiger partial charge in [-0.3, -0.25) is 4.79 Å². The van der Waals surface area contributed by atoms with Crippen LogP contribution in [0.3, 0.4) is 0 Å². The number of benzene rings is 1. The lowest BCUT2D eigenvalue weighted by atomic mass is 9.89. The maximum Gasteiger partial charge on any atom is 0.222 e. The van der Waals surface area contributed by atoms with Crippen LogP contribution in [0, 0.1) is 6.92 Å². The first-order chi connectivity index (χ1) is 7.15. The van der Waals surface area contributed by atoms with Crippen LogP contribution in [-0.4, -0.2) is 5.24 Å². The number of aryl methyl sites for hydroxylation is 1. The Bertz CT molecular complexity index is 333. The van der Waals surface area contributed by atoms with Crippen molar-refractivity contribution in [1.82, 2.24) is 0 Å². The molecule has 1 unspecified atom stereocenters. The molecule has 0 aliphatic rings. The van der Waals surface area contributed by atoms with E-state index in [2.05, 4.69) is 26.0 Å². The summed E-state index contributed by atoms with van der Waals surface area (Å²) in [5, 5.41) is -0.239. The fourth-order valence-corrected chi connectivity index (χ4v) is 2.14. The zero-order valence-corrected chi connectivity index (χ0v) is 10.1. The van der Waals surface area contributed by atoms with Crippen LogP contribution in [0.5, 0.6) is 0 Å². The van der Waals surface area contributed by atoms with Crippen LogP contribution in [0.4, 0.5) is 0 Å². The molecule has 0 aromatic heterocycles. The Balaban J connectivity index is 2.88. The molecular formula is C13H17ClO. The van der Waals surface area contributed by atoms with E-state index in [1.54, 1.807) is 0 Å². The van der Waals surface area contributed by atoms with Crippen molar-refractivity contribution in [2.75, 3.05) is 0 Å². The first kappa shape index (κ1) is 12.3. The van der Waals surface area contributed by atoms with Crippen molar-refractivity contribution in [2.45, 2.75) is 39.0 Å². The van der Waals surface area contributed by atoms with Crippen LogP contribution in [-0.2, 0) is 4.79 Å². The van der Waals surface area contributed by atoms with Gasteiger partial charge in [-0.15, -0.1) is 0 Å². The molecule has 0 aliphatic carbocycles. The van der Waals surface area contributed by atoms with Crippen molar-refractivity contribution in [3.8, 4) is 0 Å². The van der Waals surface area contributed by atoms with Crippen molar-refractivity contribution in [3.05, 3.63) is 35.4 Å². The Labute approximate surface area is 96.5 Å². The smallest absolute Gasteiger partial charge is 0.222 e. The number of carbonyl (C=O) groups excluding carboxylic acids is 1. The number of hydrogen-bond donors (Lipinski definition) is 0. The van der Waals surface area contributed by atoms with E-state index >= 15 is 0 Å². The van der Waals surface area contributed by atoms with Gasteiger partial charge in [-0.05, 0) is 42.0 Å². The molecule has 0 fully saturated rings. The van der Waals surface area contributed by atoms with Crippen LogP contribution in [0.25, 0.3) is 0 Å². The van der Waals surface area contributed by atoms with Gasteiger partial charge in [0.25, 0.3) is 0 Å². The molecule has 1 nitrogen and oxygen atoms in total. The van der Waals surface area contributed by atoms with E-state index < -0.39 is 0 Å². The number of rotatable bonds is 5. The summed E-state index contributed by atoms with van der Waals surface area (Å²) in [5.74, 6) is 0.279. The first-order valence-electron chi connectivity index (χ1n) is 5.39. The molecular weight excluding hydrogens is 208 g/mol. The summed E-state index contributed by atoms with van der Waals surface area (Å²) >= 11 is 5.47. The fourth-order valence-electron chi connectivity index (χ4n) is 1.95. The number of halogens is 1. The van der Waals surface area contributed by atoms with E-state index in [1.165, 1.54) is 11.1 Å². The highest BCUT2D eigenvalue weighted by atomic mass is 35.5. The molecule has 1 atom stereocenters. The molecule has 0 aliphatic heterocycles. The van der Waals surface area contributed by atoms with Crippen LogP contribution in [0.1, 0.15) is 43.2 Å². The molecule has 82 valence electrons. The SMILES string of the molecule is CCCC(CC(=O)Cl)c1ccccc1C. The van der Waals surface area contributed by atoms with Crippen LogP contribution < -0.4 is 0 Å². The molecule has 1 aromatic carbocycles. The third-order valence-corrected chi connectivity index (χ3v) is 2.83. The molecule has 1 rings (SSSR count). The molecule has 0 saturated carbocycles. The third kappa shape index (κ3) is 3.67. The van der Waals surface area contributed by atoms with Crippen molar-refractivity contribution in [3.63, 3.8) is 0 Å². The predicted octanol–water partition coefficient (Wildman–Crippen LogP) is 4.03. The van der Waals surface area contributed by atoms with Gasteiger partial charge in [-0.25, -0.2) is 0 Å². The third-order valence-electron chi connectivity index (χ3n) is 2.67. The summed E-state index contributed by atoms with van der Waals surface area (Å²) in [5.41, 5.74) is 2.50. The van der Waals surface area contributed by atoms with Crippen molar-refractivity contribution in [2.24, 2.45) is 0 Å². The van der Waals surface area contributed by atoms with Gasteiger partial charge >= 0.3 is 0 Å². The minimum atomic E-state index is -0.239. The van der Waals surface area contributed by atoms with E-state index in [0.29, 0.717) is 6.42 Å². The Morgan fingerprint density at radius 3 is 2.60 bits per heavy atom. The zero-order valence-electron chi connectivity index (χ0n) is 9.29. The van der Waals surface area contributed by atoms with Gasteiger partial charge in [0.1, 0.15) is 0 Å². The lowest BCUT2D eigenvalue weighted by Crippen LogP contribution is -2.04. The predicted molar refractivity (Wildman–Crippen MR) is 64.3 cm³/mol. The zero-order chi connectivity index (χ0) is 11.3. The van der Waals surface area contributed by atoms with Gasteiger partial charge < -0.3 is 0 Å². The van der Waals surface area contributed by atoms with E-state index in [9.17, 15) is 4.79 Å². The minimum absolute atomic E-state index is 0.239. The second-order valence-electron chi connectivity index (χ2n) is 3.90. The average Bonchev–Trinajstić information content (AvgIpc) is 2.17. The van der Waals surface area contributed by atoms with Gasteiger partial charge in [0, 0.05) is 6.42 Å². The van der Waals surface area contributed by atoms with Crippen molar-refractivity contribution < 1.29 is 4.79 Å². The largest absolute Gasteiger partial charge is 0.281 e. The quantitative estimate of drug-likeness (QED) is 0.690. The first-order valence-corrected chi connectivity index (χ1v) is 5.76. The summed E-state index contributed by atoms with van der Waals surface area (Å²) in [6.07, 6.45) is 2.53. The lowest BCUT2D eigenvalue weighted by molar-refractivity contribution is -0.112. The summed E-state index contributed by atoms with van der Waals surface area (Å²) in [7, 11) is 0. The molecule has 1 aromatic rings.